The lowest BCUT2D eigenvalue weighted by molar-refractivity contribution is -0.161. The molecule has 5 aliphatic rings. The van der Waals surface area contributed by atoms with Gasteiger partial charge in [-0.3, -0.25) is 4.79 Å². The van der Waals surface area contributed by atoms with E-state index in [2.05, 4.69) is 0 Å². The third-order valence-electron chi connectivity index (χ3n) is 6.43. The van der Waals surface area contributed by atoms with Crippen molar-refractivity contribution in [2.24, 2.45) is 23.2 Å². The molecule has 1 amide bonds. The van der Waals surface area contributed by atoms with Crippen molar-refractivity contribution >= 4 is 11.9 Å². The van der Waals surface area contributed by atoms with Crippen LogP contribution < -0.4 is 0 Å². The minimum Gasteiger partial charge on any atom is -0.480 e. The highest BCUT2D eigenvalue weighted by Crippen LogP contribution is 2.61. The van der Waals surface area contributed by atoms with Crippen molar-refractivity contribution in [1.29, 1.82) is 0 Å². The Hall–Kier alpha value is -1.10. The fourth-order valence-electron chi connectivity index (χ4n) is 6.04. The number of carboxylic acid groups (broad SMARTS) is 1. The molecule has 4 bridgehead atoms. The quantitative estimate of drug-likeness (QED) is 0.865. The van der Waals surface area contributed by atoms with Crippen molar-refractivity contribution in [3.63, 3.8) is 0 Å². The van der Waals surface area contributed by atoms with Gasteiger partial charge in [-0.25, -0.2) is 4.79 Å². The lowest BCUT2D eigenvalue weighted by Crippen LogP contribution is -2.55. The molecule has 5 rings (SSSR count). The third-order valence-corrected chi connectivity index (χ3v) is 6.43. The number of carboxylic acids is 1. The molecule has 1 aliphatic heterocycles. The number of ether oxygens (including phenoxy) is 1. The standard InChI is InChI=1S/C17H25NO4/c19-15(18-1-2-22-10-14(18)16(20)21)9-17-6-11-3-12(7-17)5-13(4-11)8-17/h11-14H,1-10H2,(H,20,21). The number of nitrogens with zero attached hydrogens (tertiary/aromatic N) is 1. The zero-order valence-electron chi connectivity index (χ0n) is 13.0. The Morgan fingerprint density at radius 1 is 1.09 bits per heavy atom. The van der Waals surface area contributed by atoms with Gasteiger partial charge in [0, 0.05) is 13.0 Å². The van der Waals surface area contributed by atoms with Gasteiger partial charge in [-0.15, -0.1) is 0 Å². The second kappa shape index (κ2) is 5.22. The number of rotatable bonds is 3. The summed E-state index contributed by atoms with van der Waals surface area (Å²) < 4.78 is 5.24. The van der Waals surface area contributed by atoms with Gasteiger partial charge >= 0.3 is 5.97 Å². The van der Waals surface area contributed by atoms with Crippen LogP contribution >= 0.6 is 0 Å². The van der Waals surface area contributed by atoms with Crippen LogP contribution in [0.1, 0.15) is 44.9 Å². The van der Waals surface area contributed by atoms with Gasteiger partial charge in [0.15, 0.2) is 6.04 Å². The molecule has 1 atom stereocenters. The molecule has 1 unspecified atom stereocenters. The van der Waals surface area contributed by atoms with Gasteiger partial charge < -0.3 is 14.7 Å². The molecule has 1 saturated heterocycles. The summed E-state index contributed by atoms with van der Waals surface area (Å²) in [6.07, 6.45) is 8.21. The Balaban J connectivity index is 1.48. The average Bonchev–Trinajstić information content (AvgIpc) is 2.45. The number of carbonyl (C=O) groups is 2. The number of hydrogen-bond acceptors (Lipinski definition) is 3. The molecular formula is C17H25NO4. The maximum Gasteiger partial charge on any atom is 0.328 e. The first-order valence-corrected chi connectivity index (χ1v) is 8.65. The predicted molar refractivity (Wildman–Crippen MR) is 79.2 cm³/mol. The van der Waals surface area contributed by atoms with Gasteiger partial charge in [0.2, 0.25) is 5.91 Å². The van der Waals surface area contributed by atoms with E-state index < -0.39 is 12.0 Å². The van der Waals surface area contributed by atoms with Crippen molar-refractivity contribution in [3.8, 4) is 0 Å². The molecule has 5 fully saturated rings. The van der Waals surface area contributed by atoms with Crippen molar-refractivity contribution < 1.29 is 19.4 Å². The van der Waals surface area contributed by atoms with E-state index in [9.17, 15) is 14.7 Å². The Morgan fingerprint density at radius 3 is 2.23 bits per heavy atom. The van der Waals surface area contributed by atoms with E-state index in [0.717, 1.165) is 17.8 Å². The lowest BCUT2D eigenvalue weighted by Gasteiger charge is -2.57. The SMILES string of the molecule is O=C(O)C1COCCN1C(=O)CC12CC3CC(CC(C3)C1)C2. The number of aliphatic carboxylic acids is 1. The summed E-state index contributed by atoms with van der Waals surface area (Å²) >= 11 is 0. The fourth-order valence-corrected chi connectivity index (χ4v) is 6.04. The summed E-state index contributed by atoms with van der Waals surface area (Å²) in [5, 5.41) is 9.31. The maximum absolute atomic E-state index is 12.8. The van der Waals surface area contributed by atoms with Crippen molar-refractivity contribution in [3.05, 3.63) is 0 Å². The van der Waals surface area contributed by atoms with Gasteiger partial charge in [-0.2, -0.15) is 0 Å². The van der Waals surface area contributed by atoms with Crippen LogP contribution in [0.5, 0.6) is 0 Å². The molecule has 4 aliphatic carbocycles. The molecule has 5 heteroatoms. The Bertz CT molecular complexity index is 454. The summed E-state index contributed by atoms with van der Waals surface area (Å²) in [5.74, 6) is 1.55. The van der Waals surface area contributed by atoms with Crippen LogP contribution in [-0.2, 0) is 14.3 Å². The highest BCUT2D eigenvalue weighted by atomic mass is 16.5. The first-order valence-electron chi connectivity index (χ1n) is 8.65. The molecular weight excluding hydrogens is 282 g/mol. The zero-order chi connectivity index (χ0) is 15.3. The van der Waals surface area contributed by atoms with E-state index >= 15 is 0 Å². The summed E-state index contributed by atoms with van der Waals surface area (Å²) in [7, 11) is 0. The van der Waals surface area contributed by atoms with E-state index in [1.54, 1.807) is 4.90 Å². The minimum absolute atomic E-state index is 0.0395. The van der Waals surface area contributed by atoms with E-state index in [4.69, 9.17) is 4.74 Å². The topological polar surface area (TPSA) is 66.8 Å². The maximum atomic E-state index is 12.8. The van der Waals surface area contributed by atoms with Gasteiger partial charge in [0.1, 0.15) is 0 Å². The number of hydrogen-bond donors (Lipinski definition) is 1. The van der Waals surface area contributed by atoms with Crippen LogP contribution in [-0.4, -0.2) is 47.7 Å². The summed E-state index contributed by atoms with van der Waals surface area (Å²) in [6.45, 7) is 1.00. The minimum atomic E-state index is -0.946. The van der Waals surface area contributed by atoms with Crippen LogP contribution in [0.3, 0.4) is 0 Å². The van der Waals surface area contributed by atoms with Gasteiger partial charge in [0.25, 0.3) is 0 Å². The first-order chi connectivity index (χ1) is 10.5. The second-order valence-corrected chi connectivity index (χ2v) is 8.11. The van der Waals surface area contributed by atoms with E-state index in [-0.39, 0.29) is 17.9 Å². The van der Waals surface area contributed by atoms with Gasteiger partial charge in [-0.05, 0) is 61.7 Å². The summed E-state index contributed by atoms with van der Waals surface area (Å²) in [4.78, 5) is 25.7. The Kier molecular flexibility index (Phi) is 3.44. The highest BCUT2D eigenvalue weighted by molar-refractivity contribution is 5.84. The molecule has 22 heavy (non-hydrogen) atoms. The molecule has 1 N–H and O–H groups in total. The Labute approximate surface area is 131 Å². The van der Waals surface area contributed by atoms with Crippen LogP contribution in [0.15, 0.2) is 0 Å². The van der Waals surface area contributed by atoms with Crippen LogP contribution in [0.25, 0.3) is 0 Å². The molecule has 0 aromatic rings. The molecule has 0 aromatic heterocycles. The molecule has 1 heterocycles. The second-order valence-electron chi connectivity index (χ2n) is 8.11. The van der Waals surface area contributed by atoms with E-state index in [1.807, 2.05) is 0 Å². The van der Waals surface area contributed by atoms with Crippen molar-refractivity contribution in [2.75, 3.05) is 19.8 Å². The fraction of sp³-hybridized carbons (Fsp3) is 0.882. The highest BCUT2D eigenvalue weighted by Gasteiger charge is 2.52. The molecule has 0 radical (unpaired) electrons. The largest absolute Gasteiger partial charge is 0.480 e. The number of morpholine rings is 1. The van der Waals surface area contributed by atoms with E-state index in [1.165, 1.54) is 38.5 Å². The van der Waals surface area contributed by atoms with E-state index in [0.29, 0.717) is 19.6 Å². The Morgan fingerprint density at radius 2 is 1.68 bits per heavy atom. The third kappa shape index (κ3) is 2.43. The van der Waals surface area contributed by atoms with Crippen LogP contribution in [0.2, 0.25) is 0 Å². The smallest absolute Gasteiger partial charge is 0.328 e. The molecule has 5 nitrogen and oxygen atoms in total. The average molecular weight is 307 g/mol. The van der Waals surface area contributed by atoms with Crippen molar-refractivity contribution in [1.82, 2.24) is 4.90 Å². The van der Waals surface area contributed by atoms with Crippen molar-refractivity contribution in [2.45, 2.75) is 51.0 Å². The lowest BCUT2D eigenvalue weighted by atomic mass is 9.49. The number of amides is 1. The van der Waals surface area contributed by atoms with Gasteiger partial charge in [0.05, 0.1) is 13.2 Å². The molecule has 122 valence electrons. The molecule has 0 aromatic carbocycles. The van der Waals surface area contributed by atoms with Crippen LogP contribution in [0.4, 0.5) is 0 Å². The summed E-state index contributed by atoms with van der Waals surface area (Å²) in [6, 6.07) is -0.796. The molecule has 4 saturated carbocycles. The monoisotopic (exact) mass is 307 g/mol. The first kappa shape index (κ1) is 14.5. The zero-order valence-corrected chi connectivity index (χ0v) is 13.0. The molecule has 0 spiro atoms. The summed E-state index contributed by atoms with van der Waals surface area (Å²) in [5.41, 5.74) is 0.174. The van der Waals surface area contributed by atoms with Crippen LogP contribution in [0, 0.1) is 23.2 Å². The van der Waals surface area contributed by atoms with Gasteiger partial charge in [-0.1, -0.05) is 0 Å². The normalized spacial score (nSPS) is 43.4. The number of carbonyl (C=O) groups excluding carboxylic acids is 1. The predicted octanol–water partition coefficient (Wildman–Crippen LogP) is 1.90.